The Hall–Kier alpha value is -4.54. The Morgan fingerprint density at radius 2 is 1.64 bits per heavy atom. The predicted octanol–water partition coefficient (Wildman–Crippen LogP) is 7.55. The van der Waals surface area contributed by atoms with E-state index in [1.165, 1.54) is 18.1 Å². The number of fused-ring (bicyclic) bond motifs is 1. The van der Waals surface area contributed by atoms with Gasteiger partial charge in [-0.2, -0.15) is 13.2 Å². The summed E-state index contributed by atoms with van der Waals surface area (Å²) in [5, 5.41) is 1.62. The number of halogens is 3. The molecule has 0 spiro atoms. The van der Waals surface area contributed by atoms with Crippen LogP contribution in [0.25, 0.3) is 21.9 Å². The number of benzene rings is 4. The Bertz CT molecular complexity index is 1800. The SMILES string of the molecule is COC(=O)C[S+]([O-])c1cccc(-c2ccc(CN(Cc3ccc(C(F)(F)F)o3)C(=O)c3c(C)ccc4ccccc34)cc2)c1. The lowest BCUT2D eigenvalue weighted by Gasteiger charge is -2.24. The zero-order chi connectivity index (χ0) is 31.4. The van der Waals surface area contributed by atoms with Crippen molar-refractivity contribution in [2.75, 3.05) is 12.9 Å². The number of alkyl halides is 3. The van der Waals surface area contributed by atoms with Crippen molar-refractivity contribution in [3.05, 3.63) is 125 Å². The molecule has 5 rings (SSSR count). The van der Waals surface area contributed by atoms with E-state index < -0.39 is 29.1 Å². The maximum Gasteiger partial charge on any atom is 0.449 e. The van der Waals surface area contributed by atoms with E-state index >= 15 is 0 Å². The Morgan fingerprint density at radius 3 is 2.34 bits per heavy atom. The summed E-state index contributed by atoms with van der Waals surface area (Å²) >= 11 is -1.57. The van der Waals surface area contributed by atoms with Crippen LogP contribution in [0.15, 0.2) is 106 Å². The third-order valence-electron chi connectivity index (χ3n) is 7.16. The summed E-state index contributed by atoms with van der Waals surface area (Å²) in [6, 6.07) is 27.7. The molecule has 4 aromatic carbocycles. The number of nitrogens with zero attached hydrogens (tertiary/aromatic N) is 1. The lowest BCUT2D eigenvalue weighted by Crippen LogP contribution is -2.30. The first-order chi connectivity index (χ1) is 21.0. The number of ether oxygens (including phenoxy) is 1. The Labute approximate surface area is 255 Å². The van der Waals surface area contributed by atoms with E-state index in [2.05, 4.69) is 4.74 Å². The van der Waals surface area contributed by atoms with Gasteiger partial charge in [0.25, 0.3) is 5.91 Å². The second-order valence-electron chi connectivity index (χ2n) is 10.2. The van der Waals surface area contributed by atoms with E-state index in [1.807, 2.05) is 73.7 Å². The molecule has 0 bridgehead atoms. The highest BCUT2D eigenvalue weighted by atomic mass is 32.2. The van der Waals surface area contributed by atoms with Crippen LogP contribution in [0, 0.1) is 6.92 Å². The molecule has 0 saturated carbocycles. The van der Waals surface area contributed by atoms with Gasteiger partial charge in [0.1, 0.15) is 5.76 Å². The quantitative estimate of drug-likeness (QED) is 0.126. The van der Waals surface area contributed by atoms with Crippen LogP contribution < -0.4 is 0 Å². The fourth-order valence-corrected chi connectivity index (χ4v) is 5.90. The zero-order valence-electron chi connectivity index (χ0n) is 23.9. The Balaban J connectivity index is 1.44. The molecular weight excluding hydrogens is 591 g/mol. The van der Waals surface area contributed by atoms with Gasteiger partial charge in [0.05, 0.1) is 19.2 Å². The number of aryl methyl sites for hydroxylation is 1. The Morgan fingerprint density at radius 1 is 0.886 bits per heavy atom. The van der Waals surface area contributed by atoms with Crippen LogP contribution in [0.3, 0.4) is 0 Å². The highest BCUT2D eigenvalue weighted by Gasteiger charge is 2.35. The molecule has 10 heteroatoms. The van der Waals surface area contributed by atoms with Gasteiger partial charge in [0, 0.05) is 12.6 Å². The molecule has 226 valence electrons. The number of amides is 1. The van der Waals surface area contributed by atoms with Crippen molar-refractivity contribution >= 4 is 33.8 Å². The van der Waals surface area contributed by atoms with E-state index in [-0.39, 0.29) is 30.5 Å². The predicted molar refractivity (Wildman–Crippen MR) is 161 cm³/mol. The van der Waals surface area contributed by atoms with Crippen LogP contribution in [-0.2, 0) is 40.0 Å². The van der Waals surface area contributed by atoms with Crippen LogP contribution in [0.4, 0.5) is 13.2 Å². The van der Waals surface area contributed by atoms with E-state index in [4.69, 9.17) is 4.42 Å². The lowest BCUT2D eigenvalue weighted by molar-refractivity contribution is -0.153. The van der Waals surface area contributed by atoms with Crippen LogP contribution in [0.1, 0.15) is 33.0 Å². The highest BCUT2D eigenvalue weighted by Crippen LogP contribution is 2.32. The largest absolute Gasteiger partial charge is 0.611 e. The van der Waals surface area contributed by atoms with E-state index in [0.717, 1.165) is 39.1 Å². The normalized spacial score (nSPS) is 12.2. The van der Waals surface area contributed by atoms with Crippen molar-refractivity contribution in [2.45, 2.75) is 31.1 Å². The average molecular weight is 620 g/mol. The van der Waals surface area contributed by atoms with Gasteiger partial charge < -0.3 is 18.6 Å². The molecule has 0 N–H and O–H groups in total. The van der Waals surface area contributed by atoms with Crippen molar-refractivity contribution in [3.8, 4) is 11.1 Å². The number of methoxy groups -OCH3 is 1. The molecule has 0 aliphatic carbocycles. The van der Waals surface area contributed by atoms with Gasteiger partial charge in [-0.25, -0.2) is 4.79 Å². The summed E-state index contributed by atoms with van der Waals surface area (Å²) in [5.41, 5.74) is 3.55. The van der Waals surface area contributed by atoms with Gasteiger partial charge >= 0.3 is 12.1 Å². The fourth-order valence-electron chi connectivity index (χ4n) is 4.91. The van der Waals surface area contributed by atoms with E-state index in [1.54, 1.807) is 18.2 Å². The second kappa shape index (κ2) is 13.0. The number of hydrogen-bond acceptors (Lipinski definition) is 5. The second-order valence-corrected chi connectivity index (χ2v) is 11.6. The molecule has 1 aromatic heterocycles. The summed E-state index contributed by atoms with van der Waals surface area (Å²) in [4.78, 5) is 27.6. The molecule has 6 nitrogen and oxygen atoms in total. The van der Waals surface area contributed by atoms with Gasteiger partial charge in [-0.3, -0.25) is 4.79 Å². The minimum Gasteiger partial charge on any atom is -0.611 e. The molecule has 0 radical (unpaired) electrons. The summed E-state index contributed by atoms with van der Waals surface area (Å²) in [6.45, 7) is 1.76. The molecule has 44 heavy (non-hydrogen) atoms. The summed E-state index contributed by atoms with van der Waals surface area (Å²) in [5.74, 6) is -2.27. The fraction of sp³-hybridized carbons (Fsp3) is 0.176. The Kier molecular flexibility index (Phi) is 9.12. The van der Waals surface area contributed by atoms with Gasteiger partial charge in [-0.15, -0.1) is 0 Å². The van der Waals surface area contributed by atoms with Crippen molar-refractivity contribution in [1.82, 2.24) is 4.90 Å². The first kappa shape index (κ1) is 30.9. The summed E-state index contributed by atoms with van der Waals surface area (Å²) in [6.07, 6.45) is -4.64. The van der Waals surface area contributed by atoms with Gasteiger partial charge in [-0.1, -0.05) is 72.8 Å². The van der Waals surface area contributed by atoms with Crippen molar-refractivity contribution in [1.29, 1.82) is 0 Å². The minimum absolute atomic E-state index is 0.0111. The van der Waals surface area contributed by atoms with Crippen LogP contribution in [0.5, 0.6) is 0 Å². The first-order valence-corrected chi connectivity index (χ1v) is 14.9. The smallest absolute Gasteiger partial charge is 0.449 e. The maximum atomic E-state index is 14.1. The summed E-state index contributed by atoms with van der Waals surface area (Å²) in [7, 11) is 1.24. The van der Waals surface area contributed by atoms with Crippen LogP contribution in [0.2, 0.25) is 0 Å². The number of hydrogen-bond donors (Lipinski definition) is 0. The van der Waals surface area contributed by atoms with E-state index in [9.17, 15) is 27.3 Å². The highest BCUT2D eigenvalue weighted by molar-refractivity contribution is 7.92. The molecule has 0 saturated heterocycles. The molecule has 0 aliphatic heterocycles. The molecule has 0 aliphatic rings. The lowest BCUT2D eigenvalue weighted by atomic mass is 9.98. The standard InChI is InChI=1S/C34H28F3NO5S/c1-22-10-13-25-6-3-4-9-29(25)32(22)33(40)38(20-27-16-17-30(43-27)34(35,36)37)19-23-11-14-24(15-12-23)26-7-5-8-28(18-26)44(41)21-31(39)42-2/h3-18H,19-21H2,1-2H3. The molecular formula is C34H28F3NO5S. The molecule has 0 fully saturated rings. The minimum atomic E-state index is -4.64. The number of furan rings is 1. The van der Waals surface area contributed by atoms with Gasteiger partial charge in [0.15, 0.2) is 4.90 Å². The maximum absolute atomic E-state index is 14.1. The van der Waals surface area contributed by atoms with Gasteiger partial charge in [-0.05, 0) is 69.3 Å². The molecule has 1 unspecified atom stereocenters. The van der Waals surface area contributed by atoms with Crippen molar-refractivity contribution < 1.29 is 36.5 Å². The molecule has 1 amide bonds. The van der Waals surface area contributed by atoms with Crippen molar-refractivity contribution in [2.24, 2.45) is 0 Å². The number of esters is 1. The van der Waals surface area contributed by atoms with Crippen LogP contribution >= 0.6 is 0 Å². The van der Waals surface area contributed by atoms with Gasteiger partial charge in [0.2, 0.25) is 11.5 Å². The molecule has 5 aromatic rings. The third-order valence-corrected chi connectivity index (χ3v) is 8.44. The average Bonchev–Trinajstić information content (AvgIpc) is 3.50. The third kappa shape index (κ3) is 6.98. The number of carbonyl (C=O) groups is 2. The first-order valence-electron chi connectivity index (χ1n) is 13.6. The van der Waals surface area contributed by atoms with Crippen LogP contribution in [-0.4, -0.2) is 34.2 Å². The monoisotopic (exact) mass is 619 g/mol. The number of rotatable bonds is 9. The van der Waals surface area contributed by atoms with Crippen molar-refractivity contribution in [3.63, 3.8) is 0 Å². The van der Waals surface area contributed by atoms with E-state index in [0.29, 0.717) is 10.5 Å². The summed E-state index contributed by atoms with van der Waals surface area (Å²) < 4.78 is 62.0. The molecule has 1 heterocycles. The zero-order valence-corrected chi connectivity index (χ0v) is 24.7. The molecule has 1 atom stereocenters. The topological polar surface area (TPSA) is 82.8 Å². The number of carbonyl (C=O) groups excluding carboxylic acids is 2.